The highest BCUT2D eigenvalue weighted by Gasteiger charge is 2.42. The molecule has 0 unspecified atom stereocenters. The lowest BCUT2D eigenvalue weighted by molar-refractivity contribution is -0.149. The van der Waals surface area contributed by atoms with Gasteiger partial charge in [-0.3, -0.25) is 4.79 Å². The van der Waals surface area contributed by atoms with Gasteiger partial charge >= 0.3 is 5.97 Å². The molecule has 19 heavy (non-hydrogen) atoms. The van der Waals surface area contributed by atoms with Crippen LogP contribution in [0.2, 0.25) is 0 Å². The monoisotopic (exact) mass is 268 g/mol. The van der Waals surface area contributed by atoms with E-state index >= 15 is 0 Å². The fourth-order valence-electron chi connectivity index (χ4n) is 2.81. The molecule has 108 valence electrons. The van der Waals surface area contributed by atoms with Crippen LogP contribution in [0.3, 0.4) is 0 Å². The van der Waals surface area contributed by atoms with E-state index in [2.05, 4.69) is 17.6 Å². The molecule has 2 fully saturated rings. The Labute approximate surface area is 114 Å². The summed E-state index contributed by atoms with van der Waals surface area (Å²) in [7, 11) is 0. The Hall–Kier alpha value is -1.10. The van der Waals surface area contributed by atoms with Crippen molar-refractivity contribution in [1.29, 1.82) is 0 Å². The number of nitrogens with one attached hydrogen (secondary N) is 2. The van der Waals surface area contributed by atoms with Crippen molar-refractivity contribution in [2.45, 2.75) is 63.5 Å². The summed E-state index contributed by atoms with van der Waals surface area (Å²) in [4.78, 5) is 23.4. The Morgan fingerprint density at radius 1 is 1.21 bits per heavy atom. The fourth-order valence-corrected chi connectivity index (χ4v) is 2.81. The first kappa shape index (κ1) is 14.3. The maximum absolute atomic E-state index is 11.9. The van der Waals surface area contributed by atoms with Crippen molar-refractivity contribution in [2.24, 2.45) is 5.92 Å². The topological polar surface area (TPSA) is 78.4 Å². The first-order valence-corrected chi connectivity index (χ1v) is 7.33. The van der Waals surface area contributed by atoms with E-state index < -0.39 is 11.5 Å². The minimum absolute atomic E-state index is 0.191. The van der Waals surface area contributed by atoms with Crippen LogP contribution >= 0.6 is 0 Å². The molecule has 2 rings (SSSR count). The van der Waals surface area contributed by atoms with Gasteiger partial charge in [-0.2, -0.15) is 0 Å². The molecule has 0 aliphatic heterocycles. The van der Waals surface area contributed by atoms with Crippen molar-refractivity contribution in [1.82, 2.24) is 10.6 Å². The SMILES string of the molecule is CCC1CCC(NC(=O)CNC2CC2)(C(=O)O)CC1. The Morgan fingerprint density at radius 2 is 1.84 bits per heavy atom. The second kappa shape index (κ2) is 5.90. The average Bonchev–Trinajstić information content (AvgIpc) is 3.21. The van der Waals surface area contributed by atoms with E-state index in [-0.39, 0.29) is 12.5 Å². The van der Waals surface area contributed by atoms with E-state index in [0.717, 1.165) is 32.1 Å². The van der Waals surface area contributed by atoms with E-state index in [1.54, 1.807) is 0 Å². The minimum Gasteiger partial charge on any atom is -0.480 e. The molecule has 2 aliphatic rings. The zero-order valence-corrected chi connectivity index (χ0v) is 11.6. The molecule has 1 amide bonds. The number of carbonyl (C=O) groups excluding carboxylic acids is 1. The van der Waals surface area contributed by atoms with Gasteiger partial charge in [-0.15, -0.1) is 0 Å². The number of carboxylic acids is 1. The smallest absolute Gasteiger partial charge is 0.329 e. The lowest BCUT2D eigenvalue weighted by Gasteiger charge is -2.37. The van der Waals surface area contributed by atoms with Crippen LogP contribution in [0.25, 0.3) is 0 Å². The summed E-state index contributed by atoms with van der Waals surface area (Å²) in [6.45, 7) is 2.37. The summed E-state index contributed by atoms with van der Waals surface area (Å²) in [5, 5.41) is 15.3. The van der Waals surface area contributed by atoms with Crippen LogP contribution in [0.5, 0.6) is 0 Å². The zero-order valence-electron chi connectivity index (χ0n) is 11.6. The van der Waals surface area contributed by atoms with Gasteiger partial charge in [-0.1, -0.05) is 13.3 Å². The van der Waals surface area contributed by atoms with E-state index in [4.69, 9.17) is 0 Å². The van der Waals surface area contributed by atoms with Crippen molar-refractivity contribution < 1.29 is 14.7 Å². The second-order valence-electron chi connectivity index (χ2n) is 5.94. The molecule has 2 aliphatic carbocycles. The molecule has 0 spiro atoms. The second-order valence-corrected chi connectivity index (χ2v) is 5.94. The van der Waals surface area contributed by atoms with Gasteiger partial charge < -0.3 is 15.7 Å². The molecule has 0 radical (unpaired) electrons. The standard InChI is InChI=1S/C14H24N2O3/c1-2-10-5-7-14(8-6-10,13(18)19)16-12(17)9-15-11-3-4-11/h10-11,15H,2-9H2,1H3,(H,16,17)(H,18,19). The number of aliphatic carboxylic acids is 1. The number of hydrogen-bond donors (Lipinski definition) is 3. The quantitative estimate of drug-likeness (QED) is 0.678. The molecule has 5 nitrogen and oxygen atoms in total. The Morgan fingerprint density at radius 3 is 2.32 bits per heavy atom. The summed E-state index contributed by atoms with van der Waals surface area (Å²) in [6.07, 6.45) is 6.21. The van der Waals surface area contributed by atoms with Crippen LogP contribution in [0, 0.1) is 5.92 Å². The van der Waals surface area contributed by atoms with Crippen LogP contribution in [0.1, 0.15) is 51.9 Å². The highest BCUT2D eigenvalue weighted by atomic mass is 16.4. The highest BCUT2D eigenvalue weighted by molar-refractivity contribution is 5.88. The number of rotatable bonds is 6. The molecular formula is C14H24N2O3. The fraction of sp³-hybridized carbons (Fsp3) is 0.857. The summed E-state index contributed by atoms with van der Waals surface area (Å²) in [5.74, 6) is -0.472. The van der Waals surface area contributed by atoms with E-state index in [9.17, 15) is 14.7 Å². The molecular weight excluding hydrogens is 244 g/mol. The van der Waals surface area contributed by atoms with Crippen molar-refractivity contribution in [3.05, 3.63) is 0 Å². The van der Waals surface area contributed by atoms with Gasteiger partial charge in [-0.05, 0) is 44.4 Å². The van der Waals surface area contributed by atoms with Gasteiger partial charge in [0, 0.05) is 6.04 Å². The van der Waals surface area contributed by atoms with Crippen molar-refractivity contribution >= 4 is 11.9 Å². The number of carboxylic acid groups (broad SMARTS) is 1. The normalized spacial score (nSPS) is 30.9. The average molecular weight is 268 g/mol. The molecule has 0 saturated heterocycles. The molecule has 2 saturated carbocycles. The van der Waals surface area contributed by atoms with Gasteiger partial charge in [0.2, 0.25) is 5.91 Å². The summed E-state index contributed by atoms with van der Waals surface area (Å²) in [6, 6.07) is 0.461. The van der Waals surface area contributed by atoms with Gasteiger partial charge in [-0.25, -0.2) is 4.79 Å². The van der Waals surface area contributed by atoms with Crippen molar-refractivity contribution in [3.63, 3.8) is 0 Å². The lowest BCUT2D eigenvalue weighted by Crippen LogP contribution is -2.57. The number of hydrogen-bond acceptors (Lipinski definition) is 3. The first-order valence-electron chi connectivity index (χ1n) is 7.33. The van der Waals surface area contributed by atoms with Gasteiger partial charge in [0.1, 0.15) is 5.54 Å². The molecule has 0 aromatic carbocycles. The predicted molar refractivity (Wildman–Crippen MR) is 71.8 cm³/mol. The Balaban J connectivity index is 1.87. The van der Waals surface area contributed by atoms with Gasteiger partial charge in [0.15, 0.2) is 0 Å². The van der Waals surface area contributed by atoms with E-state index in [1.165, 1.54) is 0 Å². The van der Waals surface area contributed by atoms with Gasteiger partial charge in [0.05, 0.1) is 6.54 Å². The van der Waals surface area contributed by atoms with Crippen LogP contribution in [-0.2, 0) is 9.59 Å². The Kier molecular flexibility index (Phi) is 4.45. The third-order valence-corrected chi connectivity index (χ3v) is 4.45. The number of carbonyl (C=O) groups is 2. The summed E-state index contributed by atoms with van der Waals surface area (Å²) >= 11 is 0. The summed E-state index contributed by atoms with van der Waals surface area (Å²) in [5.41, 5.74) is -1.03. The largest absolute Gasteiger partial charge is 0.480 e. The maximum Gasteiger partial charge on any atom is 0.329 e. The molecule has 0 bridgehead atoms. The van der Waals surface area contributed by atoms with Crippen molar-refractivity contribution in [2.75, 3.05) is 6.54 Å². The van der Waals surface area contributed by atoms with Crippen molar-refractivity contribution in [3.8, 4) is 0 Å². The van der Waals surface area contributed by atoms with Crippen LogP contribution in [-0.4, -0.2) is 35.1 Å². The molecule has 0 atom stereocenters. The Bertz CT molecular complexity index is 345. The highest BCUT2D eigenvalue weighted by Crippen LogP contribution is 2.34. The minimum atomic E-state index is -1.03. The third kappa shape index (κ3) is 3.69. The molecule has 0 aromatic rings. The predicted octanol–water partition coefficient (Wildman–Crippen LogP) is 1.28. The van der Waals surface area contributed by atoms with E-state index in [1.807, 2.05) is 0 Å². The van der Waals surface area contributed by atoms with Gasteiger partial charge in [0.25, 0.3) is 0 Å². The molecule has 5 heteroatoms. The number of amides is 1. The molecule has 0 heterocycles. The maximum atomic E-state index is 11.9. The lowest BCUT2D eigenvalue weighted by atomic mass is 9.75. The third-order valence-electron chi connectivity index (χ3n) is 4.45. The first-order chi connectivity index (χ1) is 9.05. The van der Waals surface area contributed by atoms with E-state index in [0.29, 0.717) is 24.8 Å². The van der Waals surface area contributed by atoms with Crippen LogP contribution in [0.4, 0.5) is 0 Å². The molecule has 3 N–H and O–H groups in total. The van der Waals surface area contributed by atoms with Crippen LogP contribution in [0.15, 0.2) is 0 Å². The van der Waals surface area contributed by atoms with Crippen LogP contribution < -0.4 is 10.6 Å². The molecule has 0 aromatic heterocycles. The zero-order chi connectivity index (χ0) is 13.9. The summed E-state index contributed by atoms with van der Waals surface area (Å²) < 4.78 is 0.